The number of aliphatic carboxylic acids is 1. The number of aliphatic hydroxyl groups excluding tert-OH is 9. The SMILES string of the molecule is CC(C)CCC[C@@H](C)[C@H]1CC[C@H]2[C@@H]3CC=C4C[C@@H](OS(=O)(=O)O)CC[C@]4(C)[C@H]3CC[C@]12C.C[C@@H]1[C@H](O)[C@@H](C)/C=C/C=C/C=C/C=C/C=C/C=C/C=C/[C@H](O[C@@H]2O[C@H](C)[C@@H](O)[C@H](N)[C@@H]2O)C[C@@H]2O[C@](O)(C[C@@H](O)C[C@@H](O)[C@H](O)CC[C@@H](O)C[C@@H](O)CC(=O)O[C@H]1C)C[C@H](O)[C@H]2C(=O)O. The molecule has 97 heavy (non-hydrogen) atoms. The predicted octanol–water partition coefficient (Wildman–Crippen LogP) is 7.93. The maximum atomic E-state index is 12.6. The number of esters is 1. The molecular formula is C74H119NO21S. The first kappa shape index (κ1) is 82.1. The average Bonchev–Trinajstić information content (AvgIpc) is 1.68. The second-order valence-electron chi connectivity index (χ2n) is 30.2. The van der Waals surface area contributed by atoms with E-state index in [2.05, 4.69) is 40.7 Å². The summed E-state index contributed by atoms with van der Waals surface area (Å²) < 4.78 is 59.7. The third kappa shape index (κ3) is 23.6. The summed E-state index contributed by atoms with van der Waals surface area (Å²) >= 11 is 0. The number of ether oxygens (including phenoxy) is 4. The Morgan fingerprint density at radius 1 is 0.680 bits per heavy atom. The number of cyclic esters (lactones) is 1. The zero-order chi connectivity index (χ0) is 71.7. The van der Waals surface area contributed by atoms with E-state index in [-0.39, 0.29) is 37.0 Å². The smallest absolute Gasteiger partial charge is 0.397 e. The molecule has 7 rings (SSSR count). The van der Waals surface area contributed by atoms with Gasteiger partial charge in [-0.3, -0.25) is 14.1 Å². The lowest BCUT2D eigenvalue weighted by Gasteiger charge is -2.58. The summed E-state index contributed by atoms with van der Waals surface area (Å²) in [5.41, 5.74) is 8.07. The first-order valence-electron chi connectivity index (χ1n) is 35.6. The molecule has 5 fully saturated rings. The van der Waals surface area contributed by atoms with Gasteiger partial charge in [0, 0.05) is 37.5 Å². The van der Waals surface area contributed by atoms with Crippen molar-refractivity contribution in [2.45, 2.75) is 288 Å². The van der Waals surface area contributed by atoms with Gasteiger partial charge in [-0.05, 0) is 131 Å². The summed E-state index contributed by atoms with van der Waals surface area (Å²) in [6, 6.07) is -1.15. The highest BCUT2D eigenvalue weighted by molar-refractivity contribution is 7.80. The van der Waals surface area contributed by atoms with E-state index in [1.165, 1.54) is 63.5 Å². The molecule has 3 saturated carbocycles. The van der Waals surface area contributed by atoms with Crippen molar-refractivity contribution < 1.29 is 102 Å². The summed E-state index contributed by atoms with van der Waals surface area (Å²) in [5.74, 6) is -1.99. The number of rotatable bonds is 10. The van der Waals surface area contributed by atoms with E-state index in [4.69, 9.17) is 33.4 Å². The Morgan fingerprint density at radius 2 is 1.31 bits per heavy atom. The molecule has 27 atom stereocenters. The van der Waals surface area contributed by atoms with Crippen LogP contribution in [0.3, 0.4) is 0 Å². The van der Waals surface area contributed by atoms with Crippen LogP contribution in [0, 0.1) is 64.1 Å². The third-order valence-electron chi connectivity index (χ3n) is 22.5. The Kier molecular flexibility index (Phi) is 31.6. The molecule has 0 aromatic heterocycles. The fraction of sp³-hybridized carbons (Fsp3) is 0.757. The normalized spacial score (nSPS) is 44.6. The van der Waals surface area contributed by atoms with Crippen molar-refractivity contribution in [3.63, 3.8) is 0 Å². The number of allylic oxidation sites excluding steroid dienone is 13. The van der Waals surface area contributed by atoms with Gasteiger partial charge in [-0.1, -0.05) is 164 Å². The maximum Gasteiger partial charge on any atom is 0.397 e. The average molecular weight is 1390 g/mol. The lowest BCUT2D eigenvalue weighted by Crippen LogP contribution is -2.61. The van der Waals surface area contributed by atoms with Gasteiger partial charge in [0.2, 0.25) is 0 Å². The maximum absolute atomic E-state index is 12.6. The fourth-order valence-electron chi connectivity index (χ4n) is 16.9. The van der Waals surface area contributed by atoms with Gasteiger partial charge < -0.3 is 80.9 Å². The summed E-state index contributed by atoms with van der Waals surface area (Å²) in [6.07, 6.45) is 18.5. The molecule has 7 aliphatic rings. The van der Waals surface area contributed by atoms with Crippen LogP contribution in [0.5, 0.6) is 0 Å². The van der Waals surface area contributed by atoms with Gasteiger partial charge >= 0.3 is 22.3 Å². The molecule has 23 heteroatoms. The molecule has 14 N–H and O–H groups in total. The Bertz CT molecular complexity index is 2840. The van der Waals surface area contributed by atoms with Crippen molar-refractivity contribution in [2.24, 2.45) is 69.8 Å². The van der Waals surface area contributed by atoms with Crippen LogP contribution in [0.15, 0.2) is 96.7 Å². The van der Waals surface area contributed by atoms with Crippen LogP contribution in [-0.2, 0) is 43.1 Å². The predicted molar refractivity (Wildman–Crippen MR) is 366 cm³/mol. The summed E-state index contributed by atoms with van der Waals surface area (Å²) in [4.78, 5) is 25.1. The lowest BCUT2D eigenvalue weighted by molar-refractivity contribution is -0.308. The number of carbonyl (C=O) groups is 2. The molecule has 552 valence electrons. The van der Waals surface area contributed by atoms with Crippen LogP contribution in [0.1, 0.15) is 184 Å². The first-order valence-corrected chi connectivity index (χ1v) is 37.0. The highest BCUT2D eigenvalue weighted by Crippen LogP contribution is 2.67. The topological polar surface area (TPSA) is 383 Å². The molecule has 0 amide bonds. The molecule has 2 saturated heterocycles. The van der Waals surface area contributed by atoms with Crippen LogP contribution in [0.2, 0.25) is 0 Å². The van der Waals surface area contributed by atoms with Crippen LogP contribution >= 0.6 is 0 Å². The largest absolute Gasteiger partial charge is 0.481 e. The Hall–Kier alpha value is -3.83. The van der Waals surface area contributed by atoms with E-state index in [0.29, 0.717) is 24.2 Å². The Labute approximate surface area is 576 Å². The number of fused-ring (bicyclic) bond motifs is 7. The number of carboxylic acids is 1. The minimum atomic E-state index is -4.38. The van der Waals surface area contributed by atoms with E-state index >= 15 is 0 Å². The van der Waals surface area contributed by atoms with Gasteiger partial charge in [-0.25, -0.2) is 4.18 Å². The number of carboxylic acid groups (broad SMARTS) is 1. The molecule has 2 bridgehead atoms. The van der Waals surface area contributed by atoms with Crippen molar-refractivity contribution in [2.75, 3.05) is 0 Å². The van der Waals surface area contributed by atoms with Gasteiger partial charge in [-0.15, -0.1) is 0 Å². The van der Waals surface area contributed by atoms with Gasteiger partial charge in [0.25, 0.3) is 0 Å². The second-order valence-corrected chi connectivity index (χ2v) is 31.3. The molecular weight excluding hydrogens is 1270 g/mol. The van der Waals surface area contributed by atoms with Crippen LogP contribution < -0.4 is 5.73 Å². The number of carbonyl (C=O) groups excluding carboxylic acids is 1. The summed E-state index contributed by atoms with van der Waals surface area (Å²) in [7, 11) is -4.38. The summed E-state index contributed by atoms with van der Waals surface area (Å²) in [5, 5.41) is 118. The van der Waals surface area contributed by atoms with Crippen LogP contribution in [-0.4, -0.2) is 185 Å². The van der Waals surface area contributed by atoms with Crippen molar-refractivity contribution in [3.05, 3.63) is 96.7 Å². The van der Waals surface area contributed by atoms with E-state index in [0.717, 1.165) is 42.4 Å². The fourth-order valence-corrected chi connectivity index (χ4v) is 17.4. The van der Waals surface area contributed by atoms with E-state index in [9.17, 15) is 74.2 Å². The molecule has 3 heterocycles. The first-order chi connectivity index (χ1) is 45.6. The minimum absolute atomic E-state index is 0.107. The Balaban J connectivity index is 0.000000384. The number of aliphatic hydroxyl groups is 10. The monoisotopic (exact) mass is 1390 g/mol. The van der Waals surface area contributed by atoms with E-state index in [1.807, 2.05) is 19.1 Å². The van der Waals surface area contributed by atoms with Crippen molar-refractivity contribution in [1.82, 2.24) is 0 Å². The molecule has 22 nitrogen and oxygen atoms in total. The molecule has 0 spiro atoms. The van der Waals surface area contributed by atoms with Gasteiger partial charge in [-0.2, -0.15) is 8.42 Å². The highest BCUT2D eigenvalue weighted by atomic mass is 32.3. The van der Waals surface area contributed by atoms with Crippen LogP contribution in [0.4, 0.5) is 0 Å². The molecule has 4 aliphatic carbocycles. The standard InChI is InChI=1S/C47H73NO17.C27H46O4S/c1-27-17-15-13-11-9-7-5-6-8-10-12-14-16-18-34(64-46-44(58)41(48)43(57)30(4)63-46)24-38-40(45(59)60)37(54)26-47(61,65-38)25-33(51)22-36(53)35(52)20-19-31(49)21-32(50)23-39(55)62-29(3)28(2)42(27)56;1-18(2)7-6-8-19(3)23-11-12-24-22-10-9-20-17-21(31-32(28,29)30)13-15-26(20,4)25(22)14-16-27(23,24)5/h5-18,27-38,40-44,46,49-54,56-58,61H,19-26,48H2,1-4H3,(H,59,60);9,18-19,21-25H,6-8,10-17H2,1-5H3,(H,28,29,30)/b6-5+,9-7+,10-8+,13-11+,14-12+,17-15+,18-16+;/t27-,28-,29-,30+,31+,32+,33-,34-,35+,36+,37-,38-,40+,41-,42+,43+,44-,46-,47+;19-,21+,22+,23-,24+,25+,26+,27-/m01/s1. The van der Waals surface area contributed by atoms with Gasteiger partial charge in [0.1, 0.15) is 18.1 Å². The molecule has 3 aliphatic heterocycles. The minimum Gasteiger partial charge on any atom is -0.481 e. The zero-order valence-electron chi connectivity index (χ0n) is 58.6. The highest BCUT2D eigenvalue weighted by Gasteiger charge is 2.60. The van der Waals surface area contributed by atoms with Crippen molar-refractivity contribution >= 4 is 22.3 Å². The number of hydrogen-bond acceptors (Lipinski definition) is 20. The number of hydrogen-bond donors (Lipinski definition) is 13. The quantitative estimate of drug-likeness (QED) is 0.0561. The Morgan fingerprint density at radius 3 is 1.93 bits per heavy atom. The second kappa shape index (κ2) is 37.4. The van der Waals surface area contributed by atoms with Crippen molar-refractivity contribution in [3.8, 4) is 0 Å². The molecule has 0 aromatic carbocycles. The van der Waals surface area contributed by atoms with Crippen molar-refractivity contribution in [1.29, 1.82) is 0 Å². The summed E-state index contributed by atoms with van der Waals surface area (Å²) in [6.45, 7) is 19.0. The molecule has 0 radical (unpaired) electrons. The third-order valence-corrected chi connectivity index (χ3v) is 23.1. The lowest BCUT2D eigenvalue weighted by atomic mass is 9.47. The number of nitrogens with two attached hydrogens (primary N) is 1. The van der Waals surface area contributed by atoms with E-state index < -0.39 is 163 Å². The zero-order valence-corrected chi connectivity index (χ0v) is 59.4. The van der Waals surface area contributed by atoms with E-state index in [1.54, 1.807) is 80.7 Å². The van der Waals surface area contributed by atoms with Gasteiger partial charge in [0.05, 0.1) is 85.7 Å². The molecule has 0 unspecified atom stereocenters. The van der Waals surface area contributed by atoms with Crippen LogP contribution in [0.25, 0.3) is 0 Å². The molecule has 0 aromatic rings. The van der Waals surface area contributed by atoms with Gasteiger partial charge in [0.15, 0.2) is 12.1 Å².